The van der Waals surface area contributed by atoms with E-state index in [1.165, 1.54) is 5.56 Å². The van der Waals surface area contributed by atoms with E-state index in [2.05, 4.69) is 17.4 Å². The zero-order valence-electron chi connectivity index (χ0n) is 17.5. The molecule has 7 heteroatoms. The van der Waals surface area contributed by atoms with Crippen LogP contribution in [0, 0.1) is 0 Å². The number of thioether (sulfide) groups is 1. The Bertz CT molecular complexity index is 826. The molecule has 0 aliphatic carbocycles. The van der Waals surface area contributed by atoms with Crippen LogP contribution in [0.5, 0.6) is 0 Å². The van der Waals surface area contributed by atoms with Gasteiger partial charge in [-0.15, -0.1) is 0 Å². The zero-order chi connectivity index (χ0) is 22.1. The van der Waals surface area contributed by atoms with E-state index in [9.17, 15) is 9.59 Å². The second-order valence-corrected chi connectivity index (χ2v) is 9.27. The van der Waals surface area contributed by atoms with E-state index in [1.54, 1.807) is 41.8 Å². The van der Waals surface area contributed by atoms with E-state index >= 15 is 0 Å². The highest BCUT2D eigenvalue weighted by Gasteiger charge is 2.27. The van der Waals surface area contributed by atoms with Crippen molar-refractivity contribution in [3.63, 3.8) is 0 Å². The van der Waals surface area contributed by atoms with Gasteiger partial charge >= 0.3 is 0 Å². The van der Waals surface area contributed by atoms with Gasteiger partial charge in [0.15, 0.2) is 0 Å². The van der Waals surface area contributed by atoms with Crippen molar-refractivity contribution in [2.24, 2.45) is 0 Å². The summed E-state index contributed by atoms with van der Waals surface area (Å²) >= 11 is 14.3. The molecular formula is C23H28Cl2N2O2S. The molecule has 0 radical (unpaired) electrons. The summed E-state index contributed by atoms with van der Waals surface area (Å²) in [5.41, 5.74) is 1.87. The molecule has 0 aromatic heterocycles. The van der Waals surface area contributed by atoms with Crippen LogP contribution in [0.15, 0.2) is 48.5 Å². The highest BCUT2D eigenvalue weighted by Crippen LogP contribution is 2.27. The molecule has 0 saturated heterocycles. The fourth-order valence-electron chi connectivity index (χ4n) is 2.91. The lowest BCUT2D eigenvalue weighted by Crippen LogP contribution is -2.49. The van der Waals surface area contributed by atoms with E-state index in [-0.39, 0.29) is 24.4 Å². The average Bonchev–Trinajstić information content (AvgIpc) is 2.70. The van der Waals surface area contributed by atoms with Crippen LogP contribution in [0.25, 0.3) is 0 Å². The van der Waals surface area contributed by atoms with Crippen LogP contribution >= 0.6 is 35.0 Å². The molecule has 30 heavy (non-hydrogen) atoms. The van der Waals surface area contributed by atoms with Crippen molar-refractivity contribution in [3.8, 4) is 0 Å². The molecule has 0 unspecified atom stereocenters. The molecule has 0 aliphatic rings. The molecule has 0 spiro atoms. The largest absolute Gasteiger partial charge is 0.352 e. The number of nitrogens with zero attached hydrogens (tertiary/aromatic N) is 1. The molecule has 0 heterocycles. The van der Waals surface area contributed by atoms with Crippen molar-refractivity contribution >= 4 is 46.8 Å². The van der Waals surface area contributed by atoms with Crippen LogP contribution in [0.1, 0.15) is 38.3 Å². The van der Waals surface area contributed by atoms with E-state index in [0.29, 0.717) is 27.8 Å². The summed E-state index contributed by atoms with van der Waals surface area (Å²) in [4.78, 5) is 27.2. The molecule has 0 fully saturated rings. The zero-order valence-corrected chi connectivity index (χ0v) is 19.9. The van der Waals surface area contributed by atoms with Crippen molar-refractivity contribution in [1.29, 1.82) is 0 Å². The molecule has 2 aromatic carbocycles. The van der Waals surface area contributed by atoms with E-state index in [4.69, 9.17) is 23.2 Å². The SMILES string of the molecule is CC(C)NC(=O)[C@@H](C)N(Cc1c(Cl)cccc1Cl)C(=O)CCSCc1ccccc1. The Morgan fingerprint density at radius 1 is 1.00 bits per heavy atom. The van der Waals surface area contributed by atoms with Gasteiger partial charge in [-0.05, 0) is 38.5 Å². The lowest BCUT2D eigenvalue weighted by atomic mass is 10.1. The molecule has 4 nitrogen and oxygen atoms in total. The highest BCUT2D eigenvalue weighted by molar-refractivity contribution is 7.98. The van der Waals surface area contributed by atoms with E-state index in [0.717, 1.165) is 5.75 Å². The van der Waals surface area contributed by atoms with Crippen LogP contribution in [-0.4, -0.2) is 34.6 Å². The monoisotopic (exact) mass is 466 g/mol. The third-order valence-electron chi connectivity index (χ3n) is 4.56. The predicted molar refractivity (Wildman–Crippen MR) is 127 cm³/mol. The first-order chi connectivity index (χ1) is 14.3. The highest BCUT2D eigenvalue weighted by atomic mass is 35.5. The Labute approximate surface area is 193 Å². The number of hydrogen-bond acceptors (Lipinski definition) is 3. The van der Waals surface area contributed by atoms with Gasteiger partial charge in [0.05, 0.1) is 0 Å². The quantitative estimate of drug-likeness (QED) is 0.466. The number of rotatable bonds is 10. The first kappa shape index (κ1) is 24.6. The van der Waals surface area contributed by atoms with Gasteiger partial charge in [-0.3, -0.25) is 9.59 Å². The number of hydrogen-bond donors (Lipinski definition) is 1. The molecule has 2 aromatic rings. The molecule has 0 saturated carbocycles. The normalized spacial score (nSPS) is 11.9. The van der Waals surface area contributed by atoms with Gasteiger partial charge in [0, 0.05) is 46.1 Å². The molecule has 1 N–H and O–H groups in total. The topological polar surface area (TPSA) is 49.4 Å². The Morgan fingerprint density at radius 3 is 2.23 bits per heavy atom. The number of carbonyl (C=O) groups excluding carboxylic acids is 2. The minimum absolute atomic E-state index is 0.0118. The van der Waals surface area contributed by atoms with E-state index < -0.39 is 6.04 Å². The average molecular weight is 467 g/mol. The number of halogens is 2. The molecule has 2 amide bonds. The van der Waals surface area contributed by atoms with Crippen LogP contribution in [0.4, 0.5) is 0 Å². The third-order valence-corrected chi connectivity index (χ3v) is 6.30. The van der Waals surface area contributed by atoms with Gasteiger partial charge in [-0.1, -0.05) is 59.6 Å². The molecule has 2 rings (SSSR count). The third kappa shape index (κ3) is 7.53. The minimum atomic E-state index is -0.633. The van der Waals surface area contributed by atoms with Crippen molar-refractivity contribution in [1.82, 2.24) is 10.2 Å². The second-order valence-electron chi connectivity index (χ2n) is 7.35. The molecule has 162 valence electrons. The first-order valence-corrected chi connectivity index (χ1v) is 11.8. The smallest absolute Gasteiger partial charge is 0.242 e. The van der Waals surface area contributed by atoms with Gasteiger partial charge in [0.25, 0.3) is 0 Å². The summed E-state index contributed by atoms with van der Waals surface area (Å²) in [6.45, 7) is 5.70. The standard InChI is InChI=1S/C23H28Cl2N2O2S/c1-16(2)26-23(29)17(3)27(14-19-20(24)10-7-11-21(19)25)22(28)12-13-30-15-18-8-5-4-6-9-18/h4-11,16-17H,12-15H2,1-3H3,(H,26,29)/t17-/m1/s1. The Balaban J connectivity index is 2.07. The number of carbonyl (C=O) groups is 2. The van der Waals surface area contributed by atoms with Crippen LogP contribution < -0.4 is 5.32 Å². The summed E-state index contributed by atoms with van der Waals surface area (Å²) in [6.07, 6.45) is 0.332. The summed E-state index contributed by atoms with van der Waals surface area (Å²) in [6, 6.07) is 14.7. The number of nitrogens with one attached hydrogen (secondary N) is 1. The molecule has 0 aliphatic heterocycles. The molecule has 1 atom stereocenters. The lowest BCUT2D eigenvalue weighted by Gasteiger charge is -2.30. The predicted octanol–water partition coefficient (Wildman–Crippen LogP) is 5.56. The maximum atomic E-state index is 13.1. The number of amides is 2. The van der Waals surface area contributed by atoms with Crippen molar-refractivity contribution < 1.29 is 9.59 Å². The summed E-state index contributed by atoms with van der Waals surface area (Å²) in [5.74, 6) is 1.21. The second kappa shape index (κ2) is 12.2. The fraction of sp³-hybridized carbons (Fsp3) is 0.391. The Hall–Kier alpha value is -1.69. The van der Waals surface area contributed by atoms with Gasteiger partial charge in [-0.2, -0.15) is 11.8 Å². The van der Waals surface area contributed by atoms with Gasteiger partial charge in [-0.25, -0.2) is 0 Å². The summed E-state index contributed by atoms with van der Waals surface area (Å²) < 4.78 is 0. The van der Waals surface area contributed by atoms with Crippen LogP contribution in [0.3, 0.4) is 0 Å². The number of benzene rings is 2. The van der Waals surface area contributed by atoms with Crippen molar-refractivity contribution in [3.05, 3.63) is 69.7 Å². The summed E-state index contributed by atoms with van der Waals surface area (Å²) in [5, 5.41) is 3.84. The van der Waals surface area contributed by atoms with Gasteiger partial charge in [0.2, 0.25) is 11.8 Å². The van der Waals surface area contributed by atoms with Crippen LogP contribution in [-0.2, 0) is 21.9 Å². The van der Waals surface area contributed by atoms with Crippen molar-refractivity contribution in [2.75, 3.05) is 5.75 Å². The van der Waals surface area contributed by atoms with Gasteiger partial charge < -0.3 is 10.2 Å². The Kier molecular flexibility index (Phi) is 10.0. The first-order valence-electron chi connectivity index (χ1n) is 9.94. The molecular weight excluding hydrogens is 439 g/mol. The minimum Gasteiger partial charge on any atom is -0.352 e. The maximum absolute atomic E-state index is 13.1. The lowest BCUT2D eigenvalue weighted by molar-refractivity contribution is -0.140. The van der Waals surface area contributed by atoms with Crippen molar-refractivity contribution in [2.45, 2.75) is 51.6 Å². The Morgan fingerprint density at radius 2 is 1.63 bits per heavy atom. The van der Waals surface area contributed by atoms with Gasteiger partial charge in [0.1, 0.15) is 6.04 Å². The maximum Gasteiger partial charge on any atom is 0.242 e. The van der Waals surface area contributed by atoms with Crippen LogP contribution in [0.2, 0.25) is 10.0 Å². The van der Waals surface area contributed by atoms with E-state index in [1.807, 2.05) is 32.0 Å². The molecule has 0 bridgehead atoms. The summed E-state index contributed by atoms with van der Waals surface area (Å²) in [7, 11) is 0. The fourth-order valence-corrected chi connectivity index (χ4v) is 4.32.